The van der Waals surface area contributed by atoms with Gasteiger partial charge in [0.1, 0.15) is 11.6 Å². The molecule has 0 radical (unpaired) electrons. The molecule has 0 aliphatic rings. The lowest BCUT2D eigenvalue weighted by Crippen LogP contribution is -2.02. The summed E-state index contributed by atoms with van der Waals surface area (Å²) in [5.74, 6) is 1.58. The SMILES string of the molecule is COc1ccc(CNc2ccc(-c3ccc(Cl)cc3)nn2)cc1. The first-order valence-electron chi connectivity index (χ1n) is 7.21. The third-order valence-electron chi connectivity index (χ3n) is 3.44. The predicted molar refractivity (Wildman–Crippen MR) is 92.8 cm³/mol. The number of aromatic nitrogens is 2. The maximum atomic E-state index is 5.89. The lowest BCUT2D eigenvalue weighted by Gasteiger charge is -2.07. The maximum absolute atomic E-state index is 5.89. The molecule has 3 rings (SSSR count). The molecule has 1 aromatic heterocycles. The number of benzene rings is 2. The van der Waals surface area contributed by atoms with Crippen LogP contribution in [-0.4, -0.2) is 17.3 Å². The molecule has 0 unspecified atom stereocenters. The monoisotopic (exact) mass is 325 g/mol. The van der Waals surface area contributed by atoms with Gasteiger partial charge >= 0.3 is 0 Å². The van der Waals surface area contributed by atoms with Crippen LogP contribution in [0.25, 0.3) is 11.3 Å². The van der Waals surface area contributed by atoms with Crippen LogP contribution in [0.2, 0.25) is 5.02 Å². The highest BCUT2D eigenvalue weighted by molar-refractivity contribution is 6.30. The smallest absolute Gasteiger partial charge is 0.148 e. The van der Waals surface area contributed by atoms with Gasteiger partial charge in [-0.15, -0.1) is 10.2 Å². The van der Waals surface area contributed by atoms with E-state index in [0.717, 1.165) is 28.4 Å². The maximum Gasteiger partial charge on any atom is 0.148 e. The van der Waals surface area contributed by atoms with E-state index in [9.17, 15) is 0 Å². The van der Waals surface area contributed by atoms with Crippen LogP contribution in [0.15, 0.2) is 60.7 Å². The van der Waals surface area contributed by atoms with Gasteiger partial charge in [-0.25, -0.2) is 0 Å². The van der Waals surface area contributed by atoms with Crippen molar-refractivity contribution in [3.05, 3.63) is 71.2 Å². The first-order valence-corrected chi connectivity index (χ1v) is 7.59. The molecule has 0 aliphatic carbocycles. The third kappa shape index (κ3) is 3.99. The van der Waals surface area contributed by atoms with E-state index in [1.807, 2.05) is 60.7 Å². The van der Waals surface area contributed by atoms with E-state index in [2.05, 4.69) is 15.5 Å². The number of rotatable bonds is 5. The Kier molecular flexibility index (Phi) is 4.74. The summed E-state index contributed by atoms with van der Waals surface area (Å²) >= 11 is 5.89. The molecular weight excluding hydrogens is 310 g/mol. The Morgan fingerprint density at radius 3 is 2.26 bits per heavy atom. The quantitative estimate of drug-likeness (QED) is 0.754. The Labute approximate surface area is 140 Å². The van der Waals surface area contributed by atoms with Gasteiger partial charge in [0.15, 0.2) is 0 Å². The van der Waals surface area contributed by atoms with Gasteiger partial charge in [0.25, 0.3) is 0 Å². The second-order valence-corrected chi connectivity index (χ2v) is 5.45. The van der Waals surface area contributed by atoms with Gasteiger partial charge in [-0.2, -0.15) is 0 Å². The van der Waals surface area contributed by atoms with Crippen molar-refractivity contribution in [2.75, 3.05) is 12.4 Å². The van der Waals surface area contributed by atoms with Gasteiger partial charge in [0, 0.05) is 17.1 Å². The minimum Gasteiger partial charge on any atom is -0.497 e. The Morgan fingerprint density at radius 1 is 0.913 bits per heavy atom. The predicted octanol–water partition coefficient (Wildman–Crippen LogP) is 4.42. The second-order valence-electron chi connectivity index (χ2n) is 5.01. The van der Waals surface area contributed by atoms with Gasteiger partial charge in [0.05, 0.1) is 12.8 Å². The summed E-state index contributed by atoms with van der Waals surface area (Å²) in [6.45, 7) is 0.680. The number of hydrogen-bond acceptors (Lipinski definition) is 4. The highest BCUT2D eigenvalue weighted by Gasteiger charge is 2.02. The number of halogens is 1. The fraction of sp³-hybridized carbons (Fsp3) is 0.111. The molecule has 1 heterocycles. The molecule has 3 aromatic rings. The molecular formula is C18H16ClN3O. The van der Waals surface area contributed by atoms with Crippen LogP contribution < -0.4 is 10.1 Å². The normalized spacial score (nSPS) is 10.3. The number of ether oxygens (including phenoxy) is 1. The second kappa shape index (κ2) is 7.11. The Balaban J connectivity index is 1.64. The summed E-state index contributed by atoms with van der Waals surface area (Å²) in [6.07, 6.45) is 0. The van der Waals surface area contributed by atoms with Gasteiger partial charge in [-0.3, -0.25) is 0 Å². The van der Waals surface area contributed by atoms with Crippen molar-refractivity contribution in [1.29, 1.82) is 0 Å². The number of methoxy groups -OCH3 is 1. The van der Waals surface area contributed by atoms with Crippen LogP contribution in [0.4, 0.5) is 5.82 Å². The molecule has 0 bridgehead atoms. The van der Waals surface area contributed by atoms with E-state index in [0.29, 0.717) is 11.6 Å². The van der Waals surface area contributed by atoms with Crippen molar-refractivity contribution in [2.45, 2.75) is 6.54 Å². The summed E-state index contributed by atoms with van der Waals surface area (Å²) in [6, 6.07) is 19.3. The molecule has 2 aromatic carbocycles. The van der Waals surface area contributed by atoms with E-state index >= 15 is 0 Å². The molecule has 23 heavy (non-hydrogen) atoms. The van der Waals surface area contributed by atoms with E-state index < -0.39 is 0 Å². The molecule has 0 spiro atoms. The molecule has 0 aliphatic heterocycles. The summed E-state index contributed by atoms with van der Waals surface area (Å²) in [4.78, 5) is 0. The molecule has 0 saturated heterocycles. The van der Waals surface area contributed by atoms with Crippen molar-refractivity contribution in [2.24, 2.45) is 0 Å². The molecule has 5 heteroatoms. The fourth-order valence-electron chi connectivity index (χ4n) is 2.14. The van der Waals surface area contributed by atoms with E-state index in [1.165, 1.54) is 0 Å². The van der Waals surface area contributed by atoms with Crippen molar-refractivity contribution >= 4 is 17.4 Å². The van der Waals surface area contributed by atoms with Gasteiger partial charge < -0.3 is 10.1 Å². The molecule has 0 saturated carbocycles. The van der Waals surface area contributed by atoms with Crippen LogP contribution in [-0.2, 0) is 6.54 Å². The van der Waals surface area contributed by atoms with Gasteiger partial charge in [-0.1, -0.05) is 35.9 Å². The highest BCUT2D eigenvalue weighted by atomic mass is 35.5. The highest BCUT2D eigenvalue weighted by Crippen LogP contribution is 2.20. The van der Waals surface area contributed by atoms with Crippen LogP contribution in [0.1, 0.15) is 5.56 Å². The standard InChI is InChI=1S/C18H16ClN3O/c1-23-16-8-2-13(3-9-16)12-20-18-11-10-17(21-22-18)14-4-6-15(19)7-5-14/h2-11H,12H2,1H3,(H,20,22). The average Bonchev–Trinajstić information content (AvgIpc) is 2.61. The van der Waals surface area contributed by atoms with E-state index in [-0.39, 0.29) is 0 Å². The minimum absolute atomic E-state index is 0.680. The Morgan fingerprint density at radius 2 is 1.65 bits per heavy atom. The van der Waals surface area contributed by atoms with Crippen LogP contribution >= 0.6 is 11.6 Å². The minimum atomic E-state index is 0.680. The molecule has 1 N–H and O–H groups in total. The lowest BCUT2D eigenvalue weighted by atomic mass is 10.1. The molecule has 0 amide bonds. The lowest BCUT2D eigenvalue weighted by molar-refractivity contribution is 0.414. The zero-order valence-electron chi connectivity index (χ0n) is 12.7. The zero-order chi connectivity index (χ0) is 16.1. The van der Waals surface area contributed by atoms with Crippen LogP contribution in [0.3, 0.4) is 0 Å². The molecule has 0 fully saturated rings. The largest absolute Gasteiger partial charge is 0.497 e. The molecule has 116 valence electrons. The van der Waals surface area contributed by atoms with Gasteiger partial charge in [-0.05, 0) is 42.0 Å². The number of anilines is 1. The van der Waals surface area contributed by atoms with Crippen LogP contribution in [0, 0.1) is 0 Å². The zero-order valence-corrected chi connectivity index (χ0v) is 13.4. The number of nitrogens with zero attached hydrogens (tertiary/aromatic N) is 2. The molecule has 4 nitrogen and oxygen atoms in total. The van der Waals surface area contributed by atoms with E-state index in [4.69, 9.17) is 16.3 Å². The number of nitrogens with one attached hydrogen (secondary N) is 1. The average molecular weight is 326 g/mol. The summed E-state index contributed by atoms with van der Waals surface area (Å²) in [5.41, 5.74) is 2.95. The summed E-state index contributed by atoms with van der Waals surface area (Å²) in [5, 5.41) is 12.4. The molecule has 0 atom stereocenters. The van der Waals surface area contributed by atoms with Crippen LogP contribution in [0.5, 0.6) is 5.75 Å². The Hall–Kier alpha value is -2.59. The Bertz CT molecular complexity index is 756. The third-order valence-corrected chi connectivity index (χ3v) is 3.69. The first kappa shape index (κ1) is 15.3. The first-order chi connectivity index (χ1) is 11.2. The summed E-state index contributed by atoms with van der Waals surface area (Å²) < 4.78 is 5.14. The fourth-order valence-corrected chi connectivity index (χ4v) is 2.26. The topological polar surface area (TPSA) is 47.0 Å². The number of hydrogen-bond donors (Lipinski definition) is 1. The van der Waals surface area contributed by atoms with Crippen molar-refractivity contribution in [1.82, 2.24) is 10.2 Å². The van der Waals surface area contributed by atoms with E-state index in [1.54, 1.807) is 7.11 Å². The van der Waals surface area contributed by atoms with Crippen molar-refractivity contribution in [3.63, 3.8) is 0 Å². The van der Waals surface area contributed by atoms with Gasteiger partial charge in [0.2, 0.25) is 0 Å². The van der Waals surface area contributed by atoms with Crippen molar-refractivity contribution < 1.29 is 4.74 Å². The van der Waals surface area contributed by atoms with Crippen molar-refractivity contribution in [3.8, 4) is 17.0 Å². The summed E-state index contributed by atoms with van der Waals surface area (Å²) in [7, 11) is 1.66.